The molecule has 0 N–H and O–H groups in total. The van der Waals surface area contributed by atoms with Gasteiger partial charge >= 0.3 is 6.18 Å². The summed E-state index contributed by atoms with van der Waals surface area (Å²) in [4.78, 5) is 0. The van der Waals surface area contributed by atoms with Crippen LogP contribution in [0, 0.1) is 0 Å². The van der Waals surface area contributed by atoms with Crippen LogP contribution >= 0.6 is 0 Å². The maximum atomic E-state index is 13.3. The molecule has 1 aromatic carbocycles. The van der Waals surface area contributed by atoms with Gasteiger partial charge in [-0.15, -0.1) is 0 Å². The molecule has 0 nitrogen and oxygen atoms in total. The number of benzene rings is 1. The Morgan fingerprint density at radius 2 is 1.74 bits per heavy atom. The number of alkyl halides is 3. The minimum atomic E-state index is -4.30. The molecule has 0 spiro atoms. The van der Waals surface area contributed by atoms with Crippen LogP contribution in [0.3, 0.4) is 0 Å². The molecule has 1 aromatic rings. The molecule has 2 atom stereocenters. The minimum absolute atomic E-state index is 0.181. The number of halogens is 3. The van der Waals surface area contributed by atoms with Crippen molar-refractivity contribution in [2.45, 2.75) is 37.8 Å². The minimum Gasteiger partial charge on any atom is -0.166 e. The van der Waals surface area contributed by atoms with Crippen LogP contribution in [0.4, 0.5) is 13.2 Å². The smallest absolute Gasteiger partial charge is 0.166 e. The molecule has 23 heavy (non-hydrogen) atoms. The summed E-state index contributed by atoms with van der Waals surface area (Å²) in [6.45, 7) is 2.18. The van der Waals surface area contributed by atoms with Crippen molar-refractivity contribution in [3.05, 3.63) is 69.8 Å². The van der Waals surface area contributed by atoms with Crippen molar-refractivity contribution in [1.82, 2.24) is 0 Å². The van der Waals surface area contributed by atoms with E-state index in [4.69, 9.17) is 0 Å². The summed E-state index contributed by atoms with van der Waals surface area (Å²) in [6.07, 6.45) is 8.07. The van der Waals surface area contributed by atoms with E-state index in [2.05, 4.69) is 25.1 Å². The van der Waals surface area contributed by atoms with E-state index >= 15 is 0 Å². The summed E-state index contributed by atoms with van der Waals surface area (Å²) in [7, 11) is 0. The summed E-state index contributed by atoms with van der Waals surface area (Å²) in [6, 6.07) is 4.07. The van der Waals surface area contributed by atoms with E-state index in [0.29, 0.717) is 17.9 Å². The van der Waals surface area contributed by atoms with E-state index in [1.807, 2.05) is 12.1 Å². The molecule has 3 aliphatic rings. The molecular formula is C20H17F3. The van der Waals surface area contributed by atoms with Crippen molar-refractivity contribution in [3.8, 4) is 0 Å². The van der Waals surface area contributed by atoms with Crippen molar-refractivity contribution in [1.29, 1.82) is 0 Å². The molecule has 3 aliphatic carbocycles. The third-order valence-corrected chi connectivity index (χ3v) is 5.09. The van der Waals surface area contributed by atoms with Crippen LogP contribution in [-0.4, -0.2) is 6.18 Å². The molecule has 3 heteroatoms. The standard InChI is InChI=1S/C20H17F3/c1-12-4-2-5-13-8-9-15-14-6-3-7-18(20(21,22)23)16(14)10-11-17(15)19(12)13/h2-3,5,7-12,14H,4,6H2,1H3. The molecule has 4 rings (SSSR count). The van der Waals surface area contributed by atoms with Crippen molar-refractivity contribution < 1.29 is 13.2 Å². The third-order valence-electron chi connectivity index (χ3n) is 5.09. The molecule has 0 heterocycles. The predicted molar refractivity (Wildman–Crippen MR) is 87.1 cm³/mol. The second-order valence-corrected chi connectivity index (χ2v) is 6.50. The van der Waals surface area contributed by atoms with Gasteiger partial charge in [0.05, 0.1) is 5.57 Å². The van der Waals surface area contributed by atoms with Crippen molar-refractivity contribution >= 4 is 12.2 Å². The lowest BCUT2D eigenvalue weighted by Gasteiger charge is -2.32. The maximum absolute atomic E-state index is 13.3. The normalized spacial score (nSPS) is 25.2. The van der Waals surface area contributed by atoms with Crippen molar-refractivity contribution in [2.24, 2.45) is 0 Å². The Kier molecular flexibility index (Phi) is 3.15. The quantitative estimate of drug-likeness (QED) is 0.540. The number of allylic oxidation sites excluding steroid dienone is 6. The second kappa shape index (κ2) is 4.98. The highest BCUT2D eigenvalue weighted by Crippen LogP contribution is 2.47. The SMILES string of the molecule is CC1CC=Cc2ccc3c(c21)C=CC1=C(C(F)(F)F)C=CCC13. The van der Waals surface area contributed by atoms with Gasteiger partial charge in [-0.25, -0.2) is 0 Å². The zero-order valence-corrected chi connectivity index (χ0v) is 12.8. The average molecular weight is 314 g/mol. The molecule has 0 fully saturated rings. The van der Waals surface area contributed by atoms with Crippen LogP contribution in [0.25, 0.3) is 12.2 Å². The van der Waals surface area contributed by atoms with Gasteiger partial charge in [0.1, 0.15) is 0 Å². The molecule has 0 saturated heterocycles. The predicted octanol–water partition coefficient (Wildman–Crippen LogP) is 6.14. The van der Waals surface area contributed by atoms with Crippen LogP contribution in [0.1, 0.15) is 53.9 Å². The Morgan fingerprint density at radius 3 is 2.52 bits per heavy atom. The molecule has 0 amide bonds. The maximum Gasteiger partial charge on any atom is 0.416 e. The average Bonchev–Trinajstić information content (AvgIpc) is 2.52. The van der Waals surface area contributed by atoms with Gasteiger partial charge in [0, 0.05) is 5.92 Å². The fraction of sp³-hybridized carbons (Fsp3) is 0.300. The summed E-state index contributed by atoms with van der Waals surface area (Å²) in [5.74, 6) is 0.223. The van der Waals surface area contributed by atoms with E-state index < -0.39 is 11.7 Å². The Labute approximate surface area is 133 Å². The first-order chi connectivity index (χ1) is 11.0. The van der Waals surface area contributed by atoms with Gasteiger partial charge in [-0.2, -0.15) is 13.2 Å². The molecule has 0 aliphatic heterocycles. The van der Waals surface area contributed by atoms with Gasteiger partial charge in [-0.1, -0.05) is 55.5 Å². The topological polar surface area (TPSA) is 0 Å². The van der Waals surface area contributed by atoms with E-state index in [-0.39, 0.29) is 5.92 Å². The summed E-state index contributed by atoms with van der Waals surface area (Å²) in [5.41, 5.74) is 4.55. The second-order valence-electron chi connectivity index (χ2n) is 6.50. The van der Waals surface area contributed by atoms with Gasteiger partial charge in [-0.3, -0.25) is 0 Å². The molecule has 0 saturated carbocycles. The summed E-state index contributed by atoms with van der Waals surface area (Å²) >= 11 is 0. The number of hydrogen-bond acceptors (Lipinski definition) is 0. The molecule has 0 bridgehead atoms. The molecule has 0 aromatic heterocycles. The Balaban J connectivity index is 1.92. The Morgan fingerprint density at radius 1 is 0.957 bits per heavy atom. The highest BCUT2D eigenvalue weighted by molar-refractivity contribution is 5.74. The van der Waals surface area contributed by atoms with Gasteiger partial charge in [0.2, 0.25) is 0 Å². The Hall–Kier alpha value is -2.03. The Bertz CT molecular complexity index is 788. The van der Waals surface area contributed by atoms with Gasteiger partial charge in [0.25, 0.3) is 0 Å². The largest absolute Gasteiger partial charge is 0.416 e. The van der Waals surface area contributed by atoms with Crippen LogP contribution in [0.5, 0.6) is 0 Å². The fourth-order valence-corrected chi connectivity index (χ4v) is 4.04. The van der Waals surface area contributed by atoms with E-state index in [0.717, 1.165) is 17.5 Å². The van der Waals surface area contributed by atoms with Crippen LogP contribution in [-0.2, 0) is 0 Å². The van der Waals surface area contributed by atoms with E-state index in [9.17, 15) is 13.2 Å². The first-order valence-electron chi connectivity index (χ1n) is 7.96. The summed E-state index contributed by atoms with van der Waals surface area (Å²) in [5, 5.41) is 0. The lowest BCUT2D eigenvalue weighted by molar-refractivity contribution is -0.0892. The number of hydrogen-bond donors (Lipinski definition) is 0. The molecule has 118 valence electrons. The van der Waals surface area contributed by atoms with E-state index in [1.165, 1.54) is 17.2 Å². The summed E-state index contributed by atoms with van der Waals surface area (Å²) < 4.78 is 39.8. The lowest BCUT2D eigenvalue weighted by Crippen LogP contribution is -2.20. The molecular weight excluding hydrogens is 297 g/mol. The lowest BCUT2D eigenvalue weighted by atomic mass is 9.72. The van der Waals surface area contributed by atoms with Crippen molar-refractivity contribution in [3.63, 3.8) is 0 Å². The van der Waals surface area contributed by atoms with Crippen LogP contribution in [0.15, 0.2) is 47.6 Å². The zero-order chi connectivity index (χ0) is 16.2. The number of fused-ring (bicyclic) bond motifs is 5. The monoisotopic (exact) mass is 314 g/mol. The van der Waals surface area contributed by atoms with Gasteiger partial charge in [0.15, 0.2) is 0 Å². The van der Waals surface area contributed by atoms with E-state index in [1.54, 1.807) is 12.2 Å². The number of rotatable bonds is 0. The molecule has 2 unspecified atom stereocenters. The van der Waals surface area contributed by atoms with Crippen LogP contribution < -0.4 is 0 Å². The zero-order valence-electron chi connectivity index (χ0n) is 12.8. The van der Waals surface area contributed by atoms with Gasteiger partial charge < -0.3 is 0 Å². The van der Waals surface area contributed by atoms with Crippen molar-refractivity contribution in [2.75, 3.05) is 0 Å². The fourth-order valence-electron chi connectivity index (χ4n) is 4.04. The first-order valence-corrected chi connectivity index (χ1v) is 7.96. The van der Waals surface area contributed by atoms with Crippen LogP contribution in [0.2, 0.25) is 0 Å². The highest BCUT2D eigenvalue weighted by Gasteiger charge is 2.39. The first kappa shape index (κ1) is 14.6. The van der Waals surface area contributed by atoms with Gasteiger partial charge in [-0.05, 0) is 46.6 Å². The third kappa shape index (κ3) is 2.21. The molecule has 0 radical (unpaired) electrons. The highest BCUT2D eigenvalue weighted by atomic mass is 19.4.